The molecule has 0 aliphatic heterocycles. The lowest BCUT2D eigenvalue weighted by Crippen LogP contribution is -2.35. The highest BCUT2D eigenvalue weighted by Crippen LogP contribution is 1.63. The van der Waals surface area contributed by atoms with E-state index in [-0.39, 0.29) is 5.96 Å². The summed E-state index contributed by atoms with van der Waals surface area (Å²) in [4.78, 5) is 0. The van der Waals surface area contributed by atoms with Crippen molar-refractivity contribution in [3.8, 4) is 6.19 Å². The molecule has 0 heterocycles. The number of hydrogen-bond donors (Lipinski definition) is 3. The number of ether oxygens (including phenoxy) is 1. The zero-order chi connectivity index (χ0) is 7.82. The number of nitrogens with one attached hydrogen (secondary N) is 3. The fourth-order valence-electron chi connectivity index (χ4n) is 0.378. The molecule has 0 saturated heterocycles. The molecule has 0 unspecified atom stereocenters. The predicted molar refractivity (Wildman–Crippen MR) is 36.4 cm³/mol. The van der Waals surface area contributed by atoms with Gasteiger partial charge in [0.25, 0.3) is 0 Å². The van der Waals surface area contributed by atoms with Gasteiger partial charge in [0.2, 0.25) is 5.96 Å². The van der Waals surface area contributed by atoms with E-state index in [9.17, 15) is 0 Å². The number of nitriles is 1. The van der Waals surface area contributed by atoms with Gasteiger partial charge in [-0.3, -0.25) is 10.7 Å². The minimum atomic E-state index is -0.000417. The minimum Gasteiger partial charge on any atom is -0.383 e. The first-order chi connectivity index (χ1) is 4.81. The summed E-state index contributed by atoms with van der Waals surface area (Å²) in [6.07, 6.45) is 1.62. The highest BCUT2D eigenvalue weighted by Gasteiger charge is 1.89. The second kappa shape index (κ2) is 5.85. The van der Waals surface area contributed by atoms with Crippen LogP contribution in [0.5, 0.6) is 0 Å². The second-order valence-corrected chi connectivity index (χ2v) is 1.53. The molecule has 0 aromatic heterocycles. The van der Waals surface area contributed by atoms with Crippen molar-refractivity contribution in [1.29, 1.82) is 10.7 Å². The summed E-state index contributed by atoms with van der Waals surface area (Å²) in [6.45, 7) is 1.06. The molecule has 0 aliphatic carbocycles. The van der Waals surface area contributed by atoms with Crippen LogP contribution < -0.4 is 10.6 Å². The molecule has 0 spiro atoms. The molecule has 0 rings (SSSR count). The molecule has 0 bridgehead atoms. The van der Waals surface area contributed by atoms with Crippen molar-refractivity contribution in [3.05, 3.63) is 0 Å². The molecule has 3 N–H and O–H groups in total. The molecule has 10 heavy (non-hydrogen) atoms. The van der Waals surface area contributed by atoms with E-state index in [1.54, 1.807) is 13.3 Å². The monoisotopic (exact) mass is 142 g/mol. The van der Waals surface area contributed by atoms with E-state index < -0.39 is 0 Å². The van der Waals surface area contributed by atoms with Crippen molar-refractivity contribution in [2.75, 3.05) is 20.3 Å². The van der Waals surface area contributed by atoms with Crippen molar-refractivity contribution in [1.82, 2.24) is 10.6 Å². The lowest BCUT2D eigenvalue weighted by Gasteiger charge is -2.02. The van der Waals surface area contributed by atoms with Crippen LogP contribution in [0.15, 0.2) is 0 Å². The molecule has 0 radical (unpaired) electrons. The van der Waals surface area contributed by atoms with E-state index in [0.717, 1.165) is 0 Å². The summed E-state index contributed by atoms with van der Waals surface area (Å²) in [5.41, 5.74) is 0. The van der Waals surface area contributed by atoms with Crippen LogP contribution in [0.2, 0.25) is 0 Å². The highest BCUT2D eigenvalue weighted by molar-refractivity contribution is 5.77. The maximum atomic E-state index is 8.02. The van der Waals surface area contributed by atoms with Gasteiger partial charge in [0, 0.05) is 13.7 Å². The summed E-state index contributed by atoms with van der Waals surface area (Å²) in [5, 5.41) is 19.7. The van der Waals surface area contributed by atoms with Gasteiger partial charge in [0.1, 0.15) is 0 Å². The molecular weight excluding hydrogens is 132 g/mol. The Labute approximate surface area is 59.5 Å². The van der Waals surface area contributed by atoms with Crippen LogP contribution >= 0.6 is 0 Å². The van der Waals surface area contributed by atoms with Gasteiger partial charge < -0.3 is 10.1 Å². The first kappa shape index (κ1) is 8.72. The van der Waals surface area contributed by atoms with E-state index in [4.69, 9.17) is 15.4 Å². The van der Waals surface area contributed by atoms with Crippen LogP contribution in [0.3, 0.4) is 0 Å². The van der Waals surface area contributed by atoms with E-state index in [0.29, 0.717) is 13.2 Å². The fraction of sp³-hybridized carbons (Fsp3) is 0.600. The largest absolute Gasteiger partial charge is 0.383 e. The third-order valence-electron chi connectivity index (χ3n) is 0.789. The Hall–Kier alpha value is -1.28. The van der Waals surface area contributed by atoms with E-state index in [1.165, 1.54) is 0 Å². The number of guanidine groups is 1. The normalized spacial score (nSPS) is 8.00. The summed E-state index contributed by atoms with van der Waals surface area (Å²) in [6, 6.07) is 0. The average Bonchev–Trinajstić information content (AvgIpc) is 1.89. The lowest BCUT2D eigenvalue weighted by molar-refractivity contribution is 0.203. The Kier molecular flexibility index (Phi) is 5.10. The summed E-state index contributed by atoms with van der Waals surface area (Å²) >= 11 is 0. The van der Waals surface area contributed by atoms with Gasteiger partial charge in [-0.05, 0) is 0 Å². The third kappa shape index (κ3) is 4.87. The zero-order valence-corrected chi connectivity index (χ0v) is 5.77. The molecule has 0 amide bonds. The number of hydrogen-bond acceptors (Lipinski definition) is 3. The van der Waals surface area contributed by atoms with Gasteiger partial charge in [0.15, 0.2) is 6.19 Å². The minimum absolute atomic E-state index is 0.000417. The molecule has 56 valence electrons. The van der Waals surface area contributed by atoms with Gasteiger partial charge in [-0.15, -0.1) is 0 Å². The molecule has 0 aliphatic rings. The second-order valence-electron chi connectivity index (χ2n) is 1.53. The summed E-state index contributed by atoms with van der Waals surface area (Å²) < 4.78 is 4.70. The number of rotatable bonds is 3. The lowest BCUT2D eigenvalue weighted by atomic mass is 10.7. The number of nitrogens with zero attached hydrogens (tertiary/aromatic N) is 1. The highest BCUT2D eigenvalue weighted by atomic mass is 16.5. The van der Waals surface area contributed by atoms with E-state index >= 15 is 0 Å². The smallest absolute Gasteiger partial charge is 0.201 e. The standard InChI is InChI=1S/C5H10N4O/c1-10-3-2-8-5(7)9-4-6/h2-3H2,1H3,(H3,7,8,9). The van der Waals surface area contributed by atoms with Crippen LogP contribution in [-0.4, -0.2) is 26.2 Å². The molecule has 0 fully saturated rings. The topological polar surface area (TPSA) is 80.9 Å². The molecule has 0 aromatic carbocycles. The van der Waals surface area contributed by atoms with Crippen LogP contribution in [0.25, 0.3) is 0 Å². The first-order valence-corrected chi connectivity index (χ1v) is 2.77. The van der Waals surface area contributed by atoms with E-state index in [2.05, 4.69) is 10.6 Å². The quantitative estimate of drug-likeness (QED) is 0.159. The molecule has 0 atom stereocenters. The Morgan fingerprint density at radius 3 is 3.00 bits per heavy atom. The average molecular weight is 142 g/mol. The zero-order valence-electron chi connectivity index (χ0n) is 5.77. The van der Waals surface area contributed by atoms with Gasteiger partial charge >= 0.3 is 0 Å². The van der Waals surface area contributed by atoms with Gasteiger partial charge in [0.05, 0.1) is 6.61 Å². The number of methoxy groups -OCH3 is 1. The molecule has 5 nitrogen and oxygen atoms in total. The molecule has 0 saturated carbocycles. The SMILES string of the molecule is COCCNC(=N)NC#N. The van der Waals surface area contributed by atoms with Crippen molar-refractivity contribution < 1.29 is 4.74 Å². The summed E-state index contributed by atoms with van der Waals surface area (Å²) in [7, 11) is 1.57. The molecule has 5 heteroatoms. The van der Waals surface area contributed by atoms with Crippen LogP contribution in [0.4, 0.5) is 0 Å². The van der Waals surface area contributed by atoms with Gasteiger partial charge in [-0.2, -0.15) is 5.26 Å². The van der Waals surface area contributed by atoms with Crippen molar-refractivity contribution in [3.63, 3.8) is 0 Å². The van der Waals surface area contributed by atoms with Gasteiger partial charge in [-0.1, -0.05) is 0 Å². The Balaban J connectivity index is 3.15. The van der Waals surface area contributed by atoms with Gasteiger partial charge in [-0.25, -0.2) is 0 Å². The summed E-state index contributed by atoms with van der Waals surface area (Å²) in [5.74, 6) is -0.000417. The maximum Gasteiger partial charge on any atom is 0.201 e. The maximum absolute atomic E-state index is 8.02. The Morgan fingerprint density at radius 1 is 1.80 bits per heavy atom. The molecule has 0 aromatic rings. The van der Waals surface area contributed by atoms with Crippen LogP contribution in [-0.2, 0) is 4.74 Å². The van der Waals surface area contributed by atoms with Crippen molar-refractivity contribution in [2.24, 2.45) is 0 Å². The fourth-order valence-corrected chi connectivity index (χ4v) is 0.378. The third-order valence-corrected chi connectivity index (χ3v) is 0.789. The van der Waals surface area contributed by atoms with E-state index in [1.807, 2.05) is 0 Å². The predicted octanol–water partition coefficient (Wildman–Crippen LogP) is -0.772. The first-order valence-electron chi connectivity index (χ1n) is 2.77. The van der Waals surface area contributed by atoms with Crippen LogP contribution in [0, 0.1) is 16.9 Å². The Bertz CT molecular complexity index is 139. The van der Waals surface area contributed by atoms with Crippen molar-refractivity contribution >= 4 is 5.96 Å². The Morgan fingerprint density at radius 2 is 2.50 bits per heavy atom. The molecular formula is C5H10N4O. The van der Waals surface area contributed by atoms with Crippen molar-refractivity contribution in [2.45, 2.75) is 0 Å². The van der Waals surface area contributed by atoms with Crippen LogP contribution in [0.1, 0.15) is 0 Å².